The predicted octanol–water partition coefficient (Wildman–Crippen LogP) is 2.18. The van der Waals surface area contributed by atoms with Crippen molar-refractivity contribution in [2.45, 2.75) is 30.7 Å². The monoisotopic (exact) mass is 466 g/mol. The van der Waals surface area contributed by atoms with Crippen LogP contribution in [0.4, 0.5) is 5.69 Å². The number of carbonyl (C=O) groups excluding carboxylic acids is 3. The molecule has 9 nitrogen and oxygen atoms in total. The van der Waals surface area contributed by atoms with E-state index in [1.54, 1.807) is 17.5 Å². The van der Waals surface area contributed by atoms with Crippen molar-refractivity contribution in [3.8, 4) is 0 Å². The highest BCUT2D eigenvalue weighted by Gasteiger charge is 2.40. The lowest BCUT2D eigenvalue weighted by Gasteiger charge is -2.22. The van der Waals surface area contributed by atoms with Crippen molar-refractivity contribution >= 4 is 44.9 Å². The zero-order valence-electron chi connectivity index (χ0n) is 17.0. The number of ether oxygens (including phenoxy) is 2. The Balaban J connectivity index is 1.62. The summed E-state index contributed by atoms with van der Waals surface area (Å²) in [6.45, 7) is 1.44. The molecule has 2 heterocycles. The topological polar surface area (TPSA) is 119 Å². The van der Waals surface area contributed by atoms with Gasteiger partial charge in [0.15, 0.2) is 6.61 Å². The average molecular weight is 467 g/mol. The van der Waals surface area contributed by atoms with Gasteiger partial charge in [-0.1, -0.05) is 17.7 Å². The molecule has 0 radical (unpaired) electrons. The van der Waals surface area contributed by atoms with E-state index in [2.05, 4.69) is 10.1 Å². The molecule has 1 aliphatic heterocycles. The second-order valence-corrected chi connectivity index (χ2v) is 9.70. The summed E-state index contributed by atoms with van der Waals surface area (Å²) in [4.78, 5) is 36.7. The van der Waals surface area contributed by atoms with Gasteiger partial charge in [0.1, 0.15) is 10.9 Å². The van der Waals surface area contributed by atoms with Crippen LogP contribution in [0.25, 0.3) is 0 Å². The minimum absolute atomic E-state index is 0.100. The highest BCUT2D eigenvalue weighted by atomic mass is 32.2. The van der Waals surface area contributed by atoms with Gasteiger partial charge in [-0.2, -0.15) is 4.31 Å². The first-order chi connectivity index (χ1) is 14.7. The van der Waals surface area contributed by atoms with E-state index in [0.717, 1.165) is 21.2 Å². The quantitative estimate of drug-likeness (QED) is 0.621. The largest absolute Gasteiger partial charge is 0.465 e. The summed E-state index contributed by atoms with van der Waals surface area (Å²) in [6.07, 6.45) is 0.816. The lowest BCUT2D eigenvalue weighted by Crippen LogP contribution is -2.42. The standard InChI is InChI=1S/C20H22N2O7S2/c1-13-5-7-14(8-6-13)31(26,27)22-10-3-4-16(22)19(24)29-12-17(23)21-15-9-11-30-18(15)20(25)28-2/h5-9,11,16H,3-4,10,12H2,1-2H3,(H,21,23)/t16-/m0/s1. The van der Waals surface area contributed by atoms with Crippen molar-refractivity contribution < 1.29 is 32.3 Å². The fraction of sp³-hybridized carbons (Fsp3) is 0.350. The minimum atomic E-state index is -3.87. The Labute approximate surface area is 184 Å². The maximum absolute atomic E-state index is 12.9. The van der Waals surface area contributed by atoms with E-state index in [0.29, 0.717) is 12.8 Å². The van der Waals surface area contributed by atoms with Crippen molar-refractivity contribution in [3.63, 3.8) is 0 Å². The zero-order valence-corrected chi connectivity index (χ0v) is 18.6. The van der Waals surface area contributed by atoms with Gasteiger partial charge >= 0.3 is 11.9 Å². The van der Waals surface area contributed by atoms with Crippen LogP contribution in [0.5, 0.6) is 0 Å². The molecule has 166 valence electrons. The number of nitrogens with zero attached hydrogens (tertiary/aromatic N) is 1. The number of anilines is 1. The summed E-state index contributed by atoms with van der Waals surface area (Å²) in [5, 5.41) is 4.10. The van der Waals surface area contributed by atoms with Crippen LogP contribution in [0.1, 0.15) is 28.1 Å². The Morgan fingerprint density at radius 2 is 1.90 bits per heavy atom. The Kier molecular flexibility index (Phi) is 7.08. The number of methoxy groups -OCH3 is 1. The number of carbonyl (C=O) groups is 3. The fourth-order valence-electron chi connectivity index (χ4n) is 3.19. The fourth-order valence-corrected chi connectivity index (χ4v) is 5.60. The molecule has 1 fully saturated rings. The second kappa shape index (κ2) is 9.58. The van der Waals surface area contributed by atoms with Crippen molar-refractivity contribution in [1.29, 1.82) is 0 Å². The number of rotatable bonds is 7. The Bertz CT molecular complexity index is 1080. The summed E-state index contributed by atoms with van der Waals surface area (Å²) in [5.41, 5.74) is 1.17. The zero-order chi connectivity index (χ0) is 22.6. The summed E-state index contributed by atoms with van der Waals surface area (Å²) < 4.78 is 36.7. The normalized spacial score (nSPS) is 16.6. The molecule has 1 aromatic heterocycles. The van der Waals surface area contributed by atoms with Gasteiger partial charge in [-0.3, -0.25) is 9.59 Å². The van der Waals surface area contributed by atoms with Gasteiger partial charge in [-0.25, -0.2) is 13.2 Å². The number of benzene rings is 1. The van der Waals surface area contributed by atoms with Crippen LogP contribution in [0.3, 0.4) is 0 Å². The molecule has 1 saturated heterocycles. The van der Waals surface area contributed by atoms with Gasteiger partial charge in [-0.05, 0) is 43.3 Å². The van der Waals surface area contributed by atoms with Crippen molar-refractivity contribution in [1.82, 2.24) is 4.31 Å². The molecule has 1 amide bonds. The Hall–Kier alpha value is -2.76. The molecule has 11 heteroatoms. The van der Waals surface area contributed by atoms with Crippen molar-refractivity contribution in [3.05, 3.63) is 46.2 Å². The molecule has 2 aromatic rings. The molecule has 1 atom stereocenters. The van der Waals surface area contributed by atoms with Crippen LogP contribution >= 0.6 is 11.3 Å². The SMILES string of the molecule is COC(=O)c1sccc1NC(=O)COC(=O)[C@@H]1CCCN1S(=O)(=O)c1ccc(C)cc1. The van der Waals surface area contributed by atoms with Gasteiger partial charge in [0.05, 0.1) is 17.7 Å². The molecule has 0 saturated carbocycles. The van der Waals surface area contributed by atoms with Crippen LogP contribution < -0.4 is 5.32 Å². The number of aryl methyl sites for hydroxylation is 1. The smallest absolute Gasteiger partial charge is 0.350 e. The number of thiophene rings is 1. The minimum Gasteiger partial charge on any atom is -0.465 e. The molecule has 3 rings (SSSR count). The number of hydrogen-bond acceptors (Lipinski definition) is 8. The van der Waals surface area contributed by atoms with Gasteiger partial charge in [0.25, 0.3) is 5.91 Å². The van der Waals surface area contributed by atoms with Crippen LogP contribution in [0.2, 0.25) is 0 Å². The summed E-state index contributed by atoms with van der Waals surface area (Å²) in [5.74, 6) is -2.03. The first kappa shape index (κ1) is 22.9. The lowest BCUT2D eigenvalue weighted by atomic mass is 10.2. The molecule has 1 N–H and O–H groups in total. The predicted molar refractivity (Wildman–Crippen MR) is 113 cm³/mol. The average Bonchev–Trinajstić information content (AvgIpc) is 3.42. The lowest BCUT2D eigenvalue weighted by molar-refractivity contribution is -0.150. The molecular formula is C20H22N2O7S2. The van der Waals surface area contributed by atoms with Gasteiger partial charge in [0.2, 0.25) is 10.0 Å². The van der Waals surface area contributed by atoms with E-state index in [4.69, 9.17) is 4.74 Å². The summed E-state index contributed by atoms with van der Waals surface area (Å²) in [7, 11) is -2.64. The van der Waals surface area contributed by atoms with Crippen molar-refractivity contribution in [2.75, 3.05) is 25.6 Å². The number of esters is 2. The summed E-state index contributed by atoms with van der Waals surface area (Å²) >= 11 is 1.10. The number of nitrogens with one attached hydrogen (secondary N) is 1. The van der Waals surface area contributed by atoms with E-state index in [1.165, 1.54) is 25.3 Å². The van der Waals surface area contributed by atoms with Crippen LogP contribution in [-0.4, -0.2) is 56.9 Å². The van der Waals surface area contributed by atoms with Crippen LogP contribution in [0.15, 0.2) is 40.6 Å². The second-order valence-electron chi connectivity index (χ2n) is 6.90. The molecule has 31 heavy (non-hydrogen) atoms. The van der Waals surface area contributed by atoms with E-state index in [-0.39, 0.29) is 22.0 Å². The Morgan fingerprint density at radius 3 is 2.58 bits per heavy atom. The molecular weight excluding hydrogens is 444 g/mol. The van der Waals surface area contributed by atoms with Gasteiger partial charge in [0, 0.05) is 6.54 Å². The summed E-state index contributed by atoms with van der Waals surface area (Å²) in [6, 6.07) is 6.91. The van der Waals surface area contributed by atoms with E-state index < -0.39 is 40.5 Å². The maximum Gasteiger partial charge on any atom is 0.350 e. The van der Waals surface area contributed by atoms with Gasteiger partial charge in [-0.15, -0.1) is 11.3 Å². The molecule has 0 aliphatic carbocycles. The number of amides is 1. The third kappa shape index (κ3) is 5.12. The van der Waals surface area contributed by atoms with Crippen LogP contribution in [-0.2, 0) is 29.1 Å². The number of sulfonamides is 1. The molecule has 0 spiro atoms. The van der Waals surface area contributed by atoms with Crippen LogP contribution in [0, 0.1) is 6.92 Å². The highest BCUT2D eigenvalue weighted by Crippen LogP contribution is 2.27. The highest BCUT2D eigenvalue weighted by molar-refractivity contribution is 7.89. The molecule has 1 aromatic carbocycles. The third-order valence-electron chi connectivity index (χ3n) is 4.76. The molecule has 1 aliphatic rings. The first-order valence-corrected chi connectivity index (χ1v) is 11.8. The van der Waals surface area contributed by atoms with Gasteiger partial charge < -0.3 is 14.8 Å². The number of hydrogen-bond donors (Lipinski definition) is 1. The molecule has 0 bridgehead atoms. The Morgan fingerprint density at radius 1 is 1.19 bits per heavy atom. The van der Waals surface area contributed by atoms with E-state index >= 15 is 0 Å². The van der Waals surface area contributed by atoms with Crippen molar-refractivity contribution in [2.24, 2.45) is 0 Å². The van der Waals surface area contributed by atoms with E-state index in [1.807, 2.05) is 6.92 Å². The first-order valence-electron chi connectivity index (χ1n) is 9.45. The molecule has 0 unspecified atom stereocenters. The van der Waals surface area contributed by atoms with E-state index in [9.17, 15) is 22.8 Å². The third-order valence-corrected chi connectivity index (χ3v) is 7.58. The maximum atomic E-state index is 12.9.